The van der Waals surface area contributed by atoms with E-state index in [2.05, 4.69) is 12.2 Å². The minimum Gasteiger partial charge on any atom is -0.455 e. The van der Waals surface area contributed by atoms with Crippen molar-refractivity contribution in [2.75, 3.05) is 0 Å². The lowest BCUT2D eigenvalue weighted by molar-refractivity contribution is 0.0908. The van der Waals surface area contributed by atoms with Gasteiger partial charge in [-0.1, -0.05) is 32.6 Å². The first-order chi connectivity index (χ1) is 8.67. The van der Waals surface area contributed by atoms with Crippen LogP contribution in [0.3, 0.4) is 0 Å². The molecule has 1 atom stereocenters. The second-order valence-electron chi connectivity index (χ2n) is 4.69. The molecule has 1 aromatic heterocycles. The Morgan fingerprint density at radius 3 is 2.78 bits per heavy atom. The lowest BCUT2D eigenvalue weighted by Gasteiger charge is -2.12. The molecule has 0 aromatic carbocycles. The molecule has 3 N–H and O–H groups in total. The average molecular weight is 252 g/mol. The highest BCUT2D eigenvalue weighted by molar-refractivity contribution is 5.91. The number of hydrogen-bond donors (Lipinski definition) is 2. The highest BCUT2D eigenvalue weighted by Gasteiger charge is 2.13. The summed E-state index contributed by atoms with van der Waals surface area (Å²) >= 11 is 0. The number of furan rings is 1. The number of nitrogens with two attached hydrogens (primary N) is 1. The average Bonchev–Trinajstić information content (AvgIpc) is 2.83. The lowest BCUT2D eigenvalue weighted by atomic mass is 10.1. The van der Waals surface area contributed by atoms with Crippen LogP contribution in [0.25, 0.3) is 0 Å². The molecule has 0 radical (unpaired) electrons. The van der Waals surface area contributed by atoms with Crippen LogP contribution >= 0.6 is 0 Å². The summed E-state index contributed by atoms with van der Waals surface area (Å²) in [6.07, 6.45) is 5.89. The van der Waals surface area contributed by atoms with Crippen LogP contribution in [0, 0.1) is 0 Å². The Balaban J connectivity index is 2.30. The molecule has 0 bridgehead atoms. The largest absolute Gasteiger partial charge is 0.455 e. The number of carbonyl (C=O) groups excluding carboxylic acids is 1. The highest BCUT2D eigenvalue weighted by Crippen LogP contribution is 2.09. The van der Waals surface area contributed by atoms with Crippen LogP contribution < -0.4 is 11.1 Å². The van der Waals surface area contributed by atoms with Gasteiger partial charge in [0.05, 0.1) is 6.54 Å². The quantitative estimate of drug-likeness (QED) is 0.699. The fourth-order valence-corrected chi connectivity index (χ4v) is 1.85. The third-order valence-electron chi connectivity index (χ3n) is 2.95. The molecule has 1 rings (SSSR count). The van der Waals surface area contributed by atoms with Crippen molar-refractivity contribution < 1.29 is 9.21 Å². The van der Waals surface area contributed by atoms with Gasteiger partial charge in [0.1, 0.15) is 5.76 Å². The zero-order valence-electron chi connectivity index (χ0n) is 11.4. The van der Waals surface area contributed by atoms with Crippen molar-refractivity contribution >= 4 is 5.91 Å². The Kier molecular flexibility index (Phi) is 6.50. The van der Waals surface area contributed by atoms with Gasteiger partial charge < -0.3 is 15.5 Å². The minimum atomic E-state index is -0.155. The lowest BCUT2D eigenvalue weighted by Crippen LogP contribution is -2.32. The van der Waals surface area contributed by atoms with Crippen molar-refractivity contribution in [1.82, 2.24) is 5.32 Å². The molecule has 1 aromatic rings. The third kappa shape index (κ3) is 4.92. The maximum atomic E-state index is 11.8. The molecule has 0 aliphatic heterocycles. The normalized spacial score (nSPS) is 12.4. The van der Waals surface area contributed by atoms with E-state index in [1.807, 2.05) is 6.92 Å². The van der Waals surface area contributed by atoms with E-state index >= 15 is 0 Å². The second kappa shape index (κ2) is 7.93. The Morgan fingerprint density at radius 2 is 2.17 bits per heavy atom. The van der Waals surface area contributed by atoms with Crippen molar-refractivity contribution in [2.24, 2.45) is 5.73 Å². The van der Waals surface area contributed by atoms with Gasteiger partial charge in [0.15, 0.2) is 5.76 Å². The molecule has 0 aliphatic rings. The summed E-state index contributed by atoms with van der Waals surface area (Å²) in [6.45, 7) is 4.54. The Morgan fingerprint density at radius 1 is 1.39 bits per heavy atom. The minimum absolute atomic E-state index is 0.155. The Labute approximate surface area is 109 Å². The number of unbranched alkanes of at least 4 members (excludes halogenated alkanes) is 3. The van der Waals surface area contributed by atoms with Crippen molar-refractivity contribution in [3.63, 3.8) is 0 Å². The van der Waals surface area contributed by atoms with Crippen LogP contribution in [0.4, 0.5) is 0 Å². The molecular weight excluding hydrogens is 228 g/mol. The summed E-state index contributed by atoms with van der Waals surface area (Å²) < 4.78 is 5.30. The van der Waals surface area contributed by atoms with Gasteiger partial charge in [-0.25, -0.2) is 0 Å². The standard InChI is InChI=1S/C14H24N2O2/c1-3-4-5-6-7-11(2)16-14(17)13-9-8-12(10-15)18-13/h8-9,11H,3-7,10,15H2,1-2H3,(H,16,17). The first-order valence-electron chi connectivity index (χ1n) is 6.77. The number of hydrogen-bond acceptors (Lipinski definition) is 3. The molecule has 1 amide bonds. The number of carbonyl (C=O) groups is 1. The van der Waals surface area contributed by atoms with Crippen molar-refractivity contribution in [3.8, 4) is 0 Å². The fourth-order valence-electron chi connectivity index (χ4n) is 1.85. The summed E-state index contributed by atoms with van der Waals surface area (Å²) in [5.74, 6) is 0.823. The van der Waals surface area contributed by atoms with E-state index in [9.17, 15) is 4.79 Å². The van der Waals surface area contributed by atoms with E-state index in [0.717, 1.165) is 12.8 Å². The van der Waals surface area contributed by atoms with E-state index in [-0.39, 0.29) is 11.9 Å². The van der Waals surface area contributed by atoms with E-state index in [1.54, 1.807) is 12.1 Å². The molecule has 18 heavy (non-hydrogen) atoms. The van der Waals surface area contributed by atoms with Gasteiger partial charge in [0.25, 0.3) is 5.91 Å². The van der Waals surface area contributed by atoms with Crippen LogP contribution in [0.2, 0.25) is 0 Å². The summed E-state index contributed by atoms with van der Waals surface area (Å²) in [5, 5.41) is 2.94. The second-order valence-corrected chi connectivity index (χ2v) is 4.69. The van der Waals surface area contributed by atoms with Crippen LogP contribution in [-0.2, 0) is 6.54 Å². The van der Waals surface area contributed by atoms with E-state index in [4.69, 9.17) is 10.2 Å². The molecule has 1 unspecified atom stereocenters. The topological polar surface area (TPSA) is 68.3 Å². The monoisotopic (exact) mass is 252 g/mol. The predicted octanol–water partition coefficient (Wildman–Crippen LogP) is 2.83. The van der Waals surface area contributed by atoms with E-state index in [0.29, 0.717) is 18.1 Å². The van der Waals surface area contributed by atoms with Crippen molar-refractivity contribution in [1.29, 1.82) is 0 Å². The molecule has 102 valence electrons. The molecule has 0 aliphatic carbocycles. The van der Waals surface area contributed by atoms with Crippen LogP contribution in [0.15, 0.2) is 16.5 Å². The molecule has 0 fully saturated rings. The highest BCUT2D eigenvalue weighted by atomic mass is 16.4. The van der Waals surface area contributed by atoms with Gasteiger partial charge in [0.2, 0.25) is 0 Å². The van der Waals surface area contributed by atoms with Gasteiger partial charge in [0, 0.05) is 6.04 Å². The van der Waals surface area contributed by atoms with E-state index < -0.39 is 0 Å². The number of amides is 1. The maximum Gasteiger partial charge on any atom is 0.287 e. The first-order valence-corrected chi connectivity index (χ1v) is 6.77. The summed E-state index contributed by atoms with van der Waals surface area (Å²) in [5.41, 5.74) is 5.43. The number of nitrogens with one attached hydrogen (secondary N) is 1. The van der Waals surface area contributed by atoms with Crippen LogP contribution in [-0.4, -0.2) is 11.9 Å². The molecule has 4 nitrogen and oxygen atoms in total. The molecule has 1 heterocycles. The van der Waals surface area contributed by atoms with Gasteiger partial charge >= 0.3 is 0 Å². The van der Waals surface area contributed by atoms with Crippen molar-refractivity contribution in [3.05, 3.63) is 23.7 Å². The van der Waals surface area contributed by atoms with Gasteiger partial charge in [-0.3, -0.25) is 4.79 Å². The van der Waals surface area contributed by atoms with Gasteiger partial charge in [-0.2, -0.15) is 0 Å². The predicted molar refractivity (Wildman–Crippen MR) is 72.3 cm³/mol. The number of rotatable bonds is 8. The van der Waals surface area contributed by atoms with E-state index in [1.165, 1.54) is 19.3 Å². The third-order valence-corrected chi connectivity index (χ3v) is 2.95. The summed E-state index contributed by atoms with van der Waals surface area (Å²) in [7, 11) is 0. The molecule has 0 saturated carbocycles. The van der Waals surface area contributed by atoms with Crippen molar-refractivity contribution in [2.45, 2.75) is 58.5 Å². The zero-order valence-corrected chi connectivity index (χ0v) is 11.4. The summed E-state index contributed by atoms with van der Waals surface area (Å²) in [6, 6.07) is 3.59. The zero-order chi connectivity index (χ0) is 13.4. The molecule has 4 heteroatoms. The Bertz CT molecular complexity index is 360. The maximum absolute atomic E-state index is 11.8. The van der Waals surface area contributed by atoms with Gasteiger partial charge in [-0.05, 0) is 25.5 Å². The molecular formula is C14H24N2O2. The molecule has 0 spiro atoms. The smallest absolute Gasteiger partial charge is 0.287 e. The SMILES string of the molecule is CCCCCCC(C)NC(=O)c1ccc(CN)o1. The van der Waals surface area contributed by atoms with Gasteiger partial charge in [-0.15, -0.1) is 0 Å². The first kappa shape index (κ1) is 14.8. The fraction of sp³-hybridized carbons (Fsp3) is 0.643. The Hall–Kier alpha value is -1.29. The van der Waals surface area contributed by atoms with Crippen LogP contribution in [0.5, 0.6) is 0 Å². The molecule has 0 saturated heterocycles. The van der Waals surface area contributed by atoms with Crippen LogP contribution in [0.1, 0.15) is 62.3 Å². The summed E-state index contributed by atoms with van der Waals surface area (Å²) in [4.78, 5) is 11.8.